The van der Waals surface area contributed by atoms with Crippen molar-refractivity contribution in [2.45, 2.75) is 45.2 Å². The van der Waals surface area contributed by atoms with E-state index in [1.54, 1.807) is 16.1 Å². The lowest BCUT2D eigenvalue weighted by Gasteiger charge is -2.39. The van der Waals surface area contributed by atoms with Crippen LogP contribution in [0.1, 0.15) is 56.2 Å². The van der Waals surface area contributed by atoms with Crippen molar-refractivity contribution in [3.63, 3.8) is 0 Å². The molecule has 0 radical (unpaired) electrons. The van der Waals surface area contributed by atoms with Crippen LogP contribution in [0, 0.1) is 0 Å². The van der Waals surface area contributed by atoms with Crippen LogP contribution >= 0.6 is 0 Å². The van der Waals surface area contributed by atoms with Gasteiger partial charge in [0.2, 0.25) is 11.8 Å². The Morgan fingerprint density at radius 1 is 0.917 bits per heavy atom. The molecule has 2 unspecified atom stereocenters. The van der Waals surface area contributed by atoms with E-state index in [4.69, 9.17) is 4.42 Å². The van der Waals surface area contributed by atoms with E-state index in [2.05, 4.69) is 4.57 Å². The molecule has 5 rings (SSSR count). The molecule has 0 N–H and O–H groups in total. The maximum atomic E-state index is 14.1. The Morgan fingerprint density at radius 2 is 1.64 bits per heavy atom. The van der Waals surface area contributed by atoms with Gasteiger partial charge in [-0.25, -0.2) is 0 Å². The van der Waals surface area contributed by atoms with Crippen molar-refractivity contribution in [1.29, 1.82) is 0 Å². The summed E-state index contributed by atoms with van der Waals surface area (Å²) in [5.41, 5.74) is 3.62. The van der Waals surface area contributed by atoms with Crippen molar-refractivity contribution < 1.29 is 14.0 Å². The number of nitrogens with zero attached hydrogens (tertiary/aromatic N) is 3. The molecule has 3 heterocycles. The molecule has 6 nitrogen and oxygen atoms in total. The highest BCUT2D eigenvalue weighted by atomic mass is 16.3. The molecule has 0 saturated carbocycles. The molecule has 1 aliphatic rings. The summed E-state index contributed by atoms with van der Waals surface area (Å²) in [6.45, 7) is 5.91. The van der Waals surface area contributed by atoms with Crippen LogP contribution in [0.4, 0.5) is 5.69 Å². The summed E-state index contributed by atoms with van der Waals surface area (Å²) < 4.78 is 7.92. The second-order valence-corrected chi connectivity index (χ2v) is 9.40. The highest BCUT2D eigenvalue weighted by molar-refractivity contribution is 6.00. The first-order chi connectivity index (χ1) is 17.5. The molecule has 0 bridgehead atoms. The molecule has 1 aliphatic heterocycles. The second kappa shape index (κ2) is 9.90. The third-order valence-electron chi connectivity index (χ3n) is 6.92. The summed E-state index contributed by atoms with van der Waals surface area (Å²) >= 11 is 0. The van der Waals surface area contributed by atoms with E-state index in [9.17, 15) is 9.59 Å². The number of para-hydroxylation sites is 2. The summed E-state index contributed by atoms with van der Waals surface area (Å²) in [7, 11) is 0. The molecule has 2 amide bonds. The van der Waals surface area contributed by atoms with Crippen molar-refractivity contribution in [2.24, 2.45) is 0 Å². The SMILES string of the molecule is CCC(C(=O)N(CC(=O)N1c2ccccc2-n2cccc2C1c1ccco1)C(C)C)c1ccccc1. The number of hydrogen-bond donors (Lipinski definition) is 0. The molecular formula is C30H31N3O3. The maximum Gasteiger partial charge on any atom is 0.247 e. The van der Waals surface area contributed by atoms with E-state index in [-0.39, 0.29) is 30.3 Å². The molecular weight excluding hydrogens is 450 g/mol. The van der Waals surface area contributed by atoms with Gasteiger partial charge in [0.25, 0.3) is 0 Å². The van der Waals surface area contributed by atoms with Gasteiger partial charge < -0.3 is 13.9 Å². The first-order valence-corrected chi connectivity index (χ1v) is 12.5. The molecule has 2 aromatic carbocycles. The zero-order valence-electron chi connectivity index (χ0n) is 20.9. The fraction of sp³-hybridized carbons (Fsp3) is 0.267. The number of aromatic nitrogens is 1. The van der Waals surface area contributed by atoms with E-state index in [1.807, 2.05) is 106 Å². The van der Waals surface area contributed by atoms with E-state index in [1.165, 1.54) is 0 Å². The molecule has 184 valence electrons. The lowest BCUT2D eigenvalue weighted by molar-refractivity contribution is -0.138. The van der Waals surface area contributed by atoms with Crippen LogP contribution < -0.4 is 4.90 Å². The normalized spacial score (nSPS) is 15.3. The van der Waals surface area contributed by atoms with Crippen LogP contribution in [0.2, 0.25) is 0 Å². The quantitative estimate of drug-likeness (QED) is 0.328. The highest BCUT2D eigenvalue weighted by Crippen LogP contribution is 2.42. The first kappa shape index (κ1) is 23.7. The monoisotopic (exact) mass is 481 g/mol. The van der Waals surface area contributed by atoms with Crippen molar-refractivity contribution in [1.82, 2.24) is 9.47 Å². The molecule has 4 aromatic rings. The van der Waals surface area contributed by atoms with Gasteiger partial charge in [-0.1, -0.05) is 49.4 Å². The van der Waals surface area contributed by atoms with E-state index in [0.717, 1.165) is 22.6 Å². The van der Waals surface area contributed by atoms with Crippen LogP contribution in [0.5, 0.6) is 0 Å². The number of fused-ring (bicyclic) bond motifs is 3. The van der Waals surface area contributed by atoms with Crippen LogP contribution in [-0.4, -0.2) is 33.9 Å². The number of carbonyl (C=O) groups excluding carboxylic acids is 2. The Kier molecular flexibility index (Phi) is 6.51. The van der Waals surface area contributed by atoms with Gasteiger partial charge in [0.15, 0.2) is 0 Å². The average Bonchev–Trinajstić information content (AvgIpc) is 3.60. The predicted octanol–water partition coefficient (Wildman–Crippen LogP) is 5.94. The molecule has 0 fully saturated rings. The number of rotatable bonds is 7. The fourth-order valence-corrected chi connectivity index (χ4v) is 5.15. The summed E-state index contributed by atoms with van der Waals surface area (Å²) in [6.07, 6.45) is 4.29. The lowest BCUT2D eigenvalue weighted by atomic mass is 9.94. The van der Waals surface area contributed by atoms with Gasteiger partial charge in [-0.3, -0.25) is 14.5 Å². The average molecular weight is 482 g/mol. The number of carbonyl (C=O) groups is 2. The number of anilines is 1. The third-order valence-corrected chi connectivity index (χ3v) is 6.92. The Labute approximate surface area is 211 Å². The Balaban J connectivity index is 1.52. The standard InChI is InChI=1S/C30H31N3O3/c1-4-23(22-12-6-5-7-13-22)30(35)32(21(2)3)20-28(34)33-25-15-9-8-14-24(25)31-18-10-16-26(31)29(33)27-17-11-19-36-27/h5-19,21,23,29H,4,20H2,1-3H3. The zero-order chi connectivity index (χ0) is 25.2. The topological polar surface area (TPSA) is 58.7 Å². The van der Waals surface area contributed by atoms with Crippen LogP contribution in [0.25, 0.3) is 5.69 Å². The minimum atomic E-state index is -0.433. The van der Waals surface area contributed by atoms with Gasteiger partial charge in [0.05, 0.1) is 29.2 Å². The summed E-state index contributed by atoms with van der Waals surface area (Å²) in [4.78, 5) is 31.4. The molecule has 0 saturated heterocycles. The Morgan fingerprint density at radius 3 is 2.31 bits per heavy atom. The minimum Gasteiger partial charge on any atom is -0.467 e. The predicted molar refractivity (Wildman–Crippen MR) is 140 cm³/mol. The molecule has 36 heavy (non-hydrogen) atoms. The van der Waals surface area contributed by atoms with Gasteiger partial charge in [-0.15, -0.1) is 0 Å². The smallest absolute Gasteiger partial charge is 0.247 e. The van der Waals surface area contributed by atoms with Crippen LogP contribution in [0.15, 0.2) is 95.7 Å². The summed E-state index contributed by atoms with van der Waals surface area (Å²) in [5.74, 6) is 0.195. The zero-order valence-corrected chi connectivity index (χ0v) is 20.9. The fourth-order valence-electron chi connectivity index (χ4n) is 5.15. The largest absolute Gasteiger partial charge is 0.467 e. The van der Waals surface area contributed by atoms with E-state index < -0.39 is 6.04 Å². The van der Waals surface area contributed by atoms with Gasteiger partial charge in [-0.05, 0) is 62.2 Å². The van der Waals surface area contributed by atoms with Gasteiger partial charge in [0.1, 0.15) is 18.3 Å². The second-order valence-electron chi connectivity index (χ2n) is 9.40. The van der Waals surface area contributed by atoms with E-state index >= 15 is 0 Å². The number of amides is 2. The van der Waals surface area contributed by atoms with Gasteiger partial charge in [0, 0.05) is 12.2 Å². The van der Waals surface area contributed by atoms with Gasteiger partial charge in [-0.2, -0.15) is 0 Å². The van der Waals surface area contributed by atoms with Crippen molar-refractivity contribution in [2.75, 3.05) is 11.4 Å². The van der Waals surface area contributed by atoms with Crippen molar-refractivity contribution >= 4 is 17.5 Å². The third kappa shape index (κ3) is 4.13. The Hall–Kier alpha value is -4.06. The molecule has 2 aromatic heterocycles. The van der Waals surface area contributed by atoms with E-state index in [0.29, 0.717) is 12.2 Å². The number of benzene rings is 2. The van der Waals surface area contributed by atoms with Crippen molar-refractivity contribution in [3.05, 3.63) is 108 Å². The molecule has 0 spiro atoms. The first-order valence-electron chi connectivity index (χ1n) is 12.5. The molecule has 2 atom stereocenters. The van der Waals surface area contributed by atoms with Crippen LogP contribution in [0.3, 0.4) is 0 Å². The Bertz CT molecular complexity index is 1340. The van der Waals surface area contributed by atoms with Gasteiger partial charge >= 0.3 is 0 Å². The van der Waals surface area contributed by atoms with Crippen LogP contribution in [-0.2, 0) is 9.59 Å². The van der Waals surface area contributed by atoms with Crippen molar-refractivity contribution in [3.8, 4) is 5.69 Å². The molecule has 6 heteroatoms. The number of hydrogen-bond acceptors (Lipinski definition) is 3. The highest BCUT2D eigenvalue weighted by Gasteiger charge is 2.39. The minimum absolute atomic E-state index is 0.0217. The summed E-state index contributed by atoms with van der Waals surface area (Å²) in [5, 5.41) is 0. The maximum absolute atomic E-state index is 14.1. The number of furan rings is 1. The lowest BCUT2D eigenvalue weighted by Crippen LogP contribution is -2.49. The molecule has 0 aliphatic carbocycles. The summed E-state index contributed by atoms with van der Waals surface area (Å²) in [6, 6.07) is 24.8.